The van der Waals surface area contributed by atoms with Gasteiger partial charge in [0.05, 0.1) is 11.4 Å². The summed E-state index contributed by atoms with van der Waals surface area (Å²) in [6, 6.07) is 6.39. The molecule has 0 saturated carbocycles. The maximum atomic E-state index is 13.5. The lowest BCUT2D eigenvalue weighted by Crippen LogP contribution is -2.47. The smallest absolute Gasteiger partial charge is 0.227 e. The van der Waals surface area contributed by atoms with E-state index in [1.165, 1.54) is 6.07 Å². The van der Waals surface area contributed by atoms with Gasteiger partial charge in [0.15, 0.2) is 0 Å². The summed E-state index contributed by atoms with van der Waals surface area (Å²) in [5.74, 6) is -0.370. The maximum Gasteiger partial charge on any atom is 0.227 e. The molecule has 0 aliphatic carbocycles. The summed E-state index contributed by atoms with van der Waals surface area (Å²) in [7, 11) is 0. The van der Waals surface area contributed by atoms with Crippen molar-refractivity contribution in [1.29, 1.82) is 0 Å². The number of benzene rings is 1. The van der Waals surface area contributed by atoms with Crippen LogP contribution in [-0.4, -0.2) is 28.9 Å². The van der Waals surface area contributed by atoms with Crippen molar-refractivity contribution in [3.8, 4) is 0 Å². The molecule has 1 amide bonds. The van der Waals surface area contributed by atoms with E-state index in [1.54, 1.807) is 23.1 Å². The van der Waals surface area contributed by atoms with Crippen molar-refractivity contribution in [2.45, 2.75) is 26.2 Å². The molecule has 5 heteroatoms. The van der Waals surface area contributed by atoms with Gasteiger partial charge in [0, 0.05) is 18.5 Å². The number of thiocarbonyl (C=S) groups is 1. The lowest BCUT2D eigenvalue weighted by atomic mass is 9.80. The van der Waals surface area contributed by atoms with Crippen LogP contribution in [0.5, 0.6) is 0 Å². The minimum atomic E-state index is -0.328. The van der Waals surface area contributed by atoms with E-state index in [4.69, 9.17) is 18.0 Å². The fraction of sp³-hybridized carbons (Fsp3) is 0.467. The van der Waals surface area contributed by atoms with Crippen LogP contribution in [0.2, 0.25) is 0 Å². The van der Waals surface area contributed by atoms with Crippen LogP contribution >= 0.6 is 12.2 Å². The average molecular weight is 294 g/mol. The van der Waals surface area contributed by atoms with Gasteiger partial charge < -0.3 is 10.6 Å². The fourth-order valence-electron chi connectivity index (χ4n) is 2.41. The molecule has 0 aromatic heterocycles. The van der Waals surface area contributed by atoms with Crippen LogP contribution in [0.25, 0.3) is 0 Å². The third-order valence-electron chi connectivity index (χ3n) is 4.11. The number of rotatable bonds is 3. The predicted octanol–water partition coefficient (Wildman–Crippen LogP) is 2.28. The Balaban J connectivity index is 1.96. The Kier molecular flexibility index (Phi) is 4.38. The van der Waals surface area contributed by atoms with E-state index in [9.17, 15) is 9.18 Å². The van der Waals surface area contributed by atoms with Crippen LogP contribution in [0.15, 0.2) is 24.3 Å². The Morgan fingerprint density at radius 2 is 2.00 bits per heavy atom. The van der Waals surface area contributed by atoms with Crippen molar-refractivity contribution in [3.05, 3.63) is 35.6 Å². The Bertz CT molecular complexity index is 524. The number of likely N-dealkylation sites (tertiary alicyclic amines) is 1. The van der Waals surface area contributed by atoms with Crippen molar-refractivity contribution in [2.24, 2.45) is 11.1 Å². The highest BCUT2D eigenvalue weighted by atomic mass is 32.1. The monoisotopic (exact) mass is 294 g/mol. The number of hydrogen-bond donors (Lipinski definition) is 1. The molecule has 108 valence electrons. The molecule has 1 fully saturated rings. The molecule has 1 aromatic carbocycles. The summed E-state index contributed by atoms with van der Waals surface area (Å²) in [4.78, 5) is 14.5. The molecular weight excluding hydrogens is 275 g/mol. The molecule has 0 spiro atoms. The predicted molar refractivity (Wildman–Crippen MR) is 80.8 cm³/mol. The average Bonchev–Trinajstić information content (AvgIpc) is 2.42. The highest BCUT2D eigenvalue weighted by molar-refractivity contribution is 7.80. The number of halogens is 1. The van der Waals surface area contributed by atoms with Crippen LogP contribution in [0, 0.1) is 11.2 Å². The molecule has 2 rings (SSSR count). The summed E-state index contributed by atoms with van der Waals surface area (Å²) < 4.78 is 13.5. The summed E-state index contributed by atoms with van der Waals surface area (Å²) in [6.45, 7) is 3.29. The summed E-state index contributed by atoms with van der Waals surface area (Å²) in [6.07, 6.45) is 1.65. The standard InChI is InChI=1S/C15H19FN2OS/c1-15(14(17)20)6-8-18(9-7-15)13(19)10-11-4-2-3-5-12(11)16/h2-5H,6-10H2,1H3,(H2,17,20). The third-order valence-corrected chi connectivity index (χ3v) is 4.61. The van der Waals surface area contributed by atoms with Gasteiger partial charge in [-0.3, -0.25) is 4.79 Å². The molecule has 1 heterocycles. The molecular formula is C15H19FN2OS. The van der Waals surface area contributed by atoms with Crippen LogP contribution in [0.1, 0.15) is 25.3 Å². The second-order valence-electron chi connectivity index (χ2n) is 5.57. The van der Waals surface area contributed by atoms with Gasteiger partial charge in [0.25, 0.3) is 0 Å². The highest BCUT2D eigenvalue weighted by Crippen LogP contribution is 2.31. The first-order valence-corrected chi connectivity index (χ1v) is 7.14. The SMILES string of the molecule is CC1(C(N)=S)CCN(C(=O)Cc2ccccc2F)CC1. The van der Waals surface area contributed by atoms with E-state index in [-0.39, 0.29) is 23.6 Å². The number of piperidine rings is 1. The maximum absolute atomic E-state index is 13.5. The van der Waals surface area contributed by atoms with Gasteiger partial charge in [-0.25, -0.2) is 4.39 Å². The van der Waals surface area contributed by atoms with E-state index in [2.05, 4.69) is 0 Å². The van der Waals surface area contributed by atoms with Crippen molar-refractivity contribution >= 4 is 23.1 Å². The normalized spacial score (nSPS) is 17.8. The van der Waals surface area contributed by atoms with Crippen LogP contribution in [0.3, 0.4) is 0 Å². The molecule has 20 heavy (non-hydrogen) atoms. The molecule has 1 aliphatic rings. The van der Waals surface area contributed by atoms with E-state index < -0.39 is 0 Å². The Hall–Kier alpha value is -1.49. The Morgan fingerprint density at radius 3 is 2.55 bits per heavy atom. The van der Waals surface area contributed by atoms with Gasteiger partial charge in [0.1, 0.15) is 5.82 Å². The van der Waals surface area contributed by atoms with Gasteiger partial charge in [-0.1, -0.05) is 37.3 Å². The van der Waals surface area contributed by atoms with Gasteiger partial charge in [-0.05, 0) is 24.5 Å². The molecule has 0 bridgehead atoms. The van der Waals surface area contributed by atoms with E-state index in [0.717, 1.165) is 12.8 Å². The molecule has 0 atom stereocenters. The van der Waals surface area contributed by atoms with Crippen molar-refractivity contribution in [2.75, 3.05) is 13.1 Å². The Labute approximate surface area is 123 Å². The van der Waals surface area contributed by atoms with Crippen molar-refractivity contribution < 1.29 is 9.18 Å². The van der Waals surface area contributed by atoms with Gasteiger partial charge in [-0.2, -0.15) is 0 Å². The first kappa shape index (κ1) is 14.9. The minimum Gasteiger partial charge on any atom is -0.393 e. The van der Waals surface area contributed by atoms with Gasteiger partial charge in [0.2, 0.25) is 5.91 Å². The van der Waals surface area contributed by atoms with E-state index >= 15 is 0 Å². The summed E-state index contributed by atoms with van der Waals surface area (Å²) >= 11 is 5.08. The summed E-state index contributed by atoms with van der Waals surface area (Å²) in [5, 5.41) is 0. The van der Waals surface area contributed by atoms with E-state index in [0.29, 0.717) is 23.6 Å². The molecule has 1 saturated heterocycles. The number of hydrogen-bond acceptors (Lipinski definition) is 2. The number of carbonyl (C=O) groups excluding carboxylic acids is 1. The molecule has 2 N–H and O–H groups in total. The summed E-state index contributed by atoms with van der Waals surface area (Å²) in [5.41, 5.74) is 6.03. The number of nitrogens with zero attached hydrogens (tertiary/aromatic N) is 1. The largest absolute Gasteiger partial charge is 0.393 e. The van der Waals surface area contributed by atoms with Crippen molar-refractivity contribution in [3.63, 3.8) is 0 Å². The molecule has 0 unspecified atom stereocenters. The van der Waals surface area contributed by atoms with Gasteiger partial charge >= 0.3 is 0 Å². The first-order valence-electron chi connectivity index (χ1n) is 6.73. The number of nitrogens with two attached hydrogens (primary N) is 1. The molecule has 1 aromatic rings. The van der Waals surface area contributed by atoms with Crippen LogP contribution in [0.4, 0.5) is 4.39 Å². The lowest BCUT2D eigenvalue weighted by molar-refractivity contribution is -0.132. The quantitative estimate of drug-likeness (QED) is 0.870. The highest BCUT2D eigenvalue weighted by Gasteiger charge is 2.34. The minimum absolute atomic E-state index is 0.0416. The van der Waals surface area contributed by atoms with Crippen LogP contribution < -0.4 is 5.73 Å². The zero-order chi connectivity index (χ0) is 14.8. The second kappa shape index (κ2) is 5.87. The lowest BCUT2D eigenvalue weighted by Gasteiger charge is -2.38. The number of carbonyl (C=O) groups is 1. The first-order chi connectivity index (χ1) is 9.42. The zero-order valence-electron chi connectivity index (χ0n) is 11.6. The number of amides is 1. The second-order valence-corrected chi connectivity index (χ2v) is 6.01. The molecule has 0 radical (unpaired) electrons. The Morgan fingerprint density at radius 1 is 1.40 bits per heavy atom. The van der Waals surface area contributed by atoms with Crippen molar-refractivity contribution in [1.82, 2.24) is 4.90 Å². The van der Waals surface area contributed by atoms with E-state index in [1.807, 2.05) is 6.92 Å². The fourth-order valence-corrected chi connectivity index (χ4v) is 2.62. The molecule has 1 aliphatic heterocycles. The zero-order valence-corrected chi connectivity index (χ0v) is 12.4. The topological polar surface area (TPSA) is 46.3 Å². The third kappa shape index (κ3) is 3.15. The van der Waals surface area contributed by atoms with Gasteiger partial charge in [-0.15, -0.1) is 0 Å². The van der Waals surface area contributed by atoms with Crippen LogP contribution in [-0.2, 0) is 11.2 Å². The molecule has 3 nitrogen and oxygen atoms in total.